The fourth-order valence-corrected chi connectivity index (χ4v) is 4.67. The van der Waals surface area contributed by atoms with E-state index in [1.807, 2.05) is 50.2 Å². The van der Waals surface area contributed by atoms with E-state index in [4.69, 9.17) is 19.9 Å². The smallest absolute Gasteiger partial charge is 0.205 e. The molecule has 0 bridgehead atoms. The van der Waals surface area contributed by atoms with Crippen LogP contribution in [0, 0.1) is 16.7 Å². The first kappa shape index (κ1) is 22.9. The molecule has 2 N–H and O–H groups in total. The van der Waals surface area contributed by atoms with E-state index >= 15 is 0 Å². The molecule has 1 aliphatic carbocycles. The molecule has 0 saturated heterocycles. The summed E-state index contributed by atoms with van der Waals surface area (Å²) < 4.78 is 18.6. The molecule has 33 heavy (non-hydrogen) atoms. The molecule has 6 nitrogen and oxygen atoms in total. The summed E-state index contributed by atoms with van der Waals surface area (Å²) in [5.41, 5.74) is 8.21. The lowest BCUT2D eigenvalue weighted by Crippen LogP contribution is -2.33. The predicted octanol–water partition coefficient (Wildman–Crippen LogP) is 5.49. The number of Topliss-reactive ketones (excluding diaryl/α,β-unsaturated/α-hetero) is 1. The number of rotatable bonds is 5. The molecule has 0 amide bonds. The van der Waals surface area contributed by atoms with Crippen LogP contribution < -0.4 is 15.2 Å². The average Bonchev–Trinajstić information content (AvgIpc) is 2.76. The van der Waals surface area contributed by atoms with Crippen molar-refractivity contribution < 1.29 is 19.0 Å². The standard InChI is InChI=1S/C26H25BrN2O4/c1-26(2)11-19(30)23-21(12-26)33-25(29)18(13-28)22(23)17-5-4-6-20(31-3)24(17)32-14-15-7-9-16(27)10-8-15/h4-10,22H,11-12,14,29H2,1-3H3. The van der Waals surface area contributed by atoms with Gasteiger partial charge in [0, 0.05) is 28.5 Å². The Kier molecular flexibility index (Phi) is 6.22. The third-order valence-electron chi connectivity index (χ3n) is 5.91. The lowest BCUT2D eigenvalue weighted by molar-refractivity contribution is -0.119. The van der Waals surface area contributed by atoms with Crippen molar-refractivity contribution in [1.29, 1.82) is 5.26 Å². The SMILES string of the molecule is COc1cccc(C2C(C#N)=C(N)OC3=C2C(=O)CC(C)(C)C3)c1OCc1ccc(Br)cc1. The van der Waals surface area contributed by atoms with Crippen LogP contribution in [0.2, 0.25) is 0 Å². The maximum Gasteiger partial charge on any atom is 0.205 e. The maximum absolute atomic E-state index is 13.3. The molecular formula is C26H25BrN2O4. The van der Waals surface area contributed by atoms with Crippen LogP contribution in [0.5, 0.6) is 11.5 Å². The molecule has 2 aromatic carbocycles. The molecule has 1 unspecified atom stereocenters. The Bertz CT molecular complexity index is 1210. The van der Waals surface area contributed by atoms with Gasteiger partial charge in [0.15, 0.2) is 17.3 Å². The second-order valence-electron chi connectivity index (χ2n) is 9.00. The number of carbonyl (C=O) groups is 1. The van der Waals surface area contributed by atoms with Gasteiger partial charge < -0.3 is 19.9 Å². The van der Waals surface area contributed by atoms with Gasteiger partial charge in [-0.15, -0.1) is 0 Å². The summed E-state index contributed by atoms with van der Waals surface area (Å²) in [5, 5.41) is 9.95. The molecule has 0 radical (unpaired) electrons. The predicted molar refractivity (Wildman–Crippen MR) is 127 cm³/mol. The quantitative estimate of drug-likeness (QED) is 0.573. The monoisotopic (exact) mass is 508 g/mol. The van der Waals surface area contributed by atoms with E-state index in [2.05, 4.69) is 22.0 Å². The van der Waals surface area contributed by atoms with Crippen LogP contribution in [0.3, 0.4) is 0 Å². The summed E-state index contributed by atoms with van der Waals surface area (Å²) in [6, 6.07) is 15.4. The molecule has 0 fully saturated rings. The summed E-state index contributed by atoms with van der Waals surface area (Å²) >= 11 is 3.44. The molecule has 0 saturated carbocycles. The summed E-state index contributed by atoms with van der Waals surface area (Å²) in [7, 11) is 1.56. The number of carbonyl (C=O) groups excluding carboxylic acids is 1. The summed E-state index contributed by atoms with van der Waals surface area (Å²) in [6.45, 7) is 4.33. The third-order valence-corrected chi connectivity index (χ3v) is 6.44. The number of hydrogen-bond donors (Lipinski definition) is 1. The number of nitrogens with zero attached hydrogens (tertiary/aromatic N) is 1. The number of ether oxygens (including phenoxy) is 3. The second-order valence-corrected chi connectivity index (χ2v) is 9.91. The van der Waals surface area contributed by atoms with Crippen LogP contribution in [0.4, 0.5) is 0 Å². The Morgan fingerprint density at radius 2 is 1.94 bits per heavy atom. The Balaban J connectivity index is 1.82. The van der Waals surface area contributed by atoms with Crippen LogP contribution >= 0.6 is 15.9 Å². The highest BCUT2D eigenvalue weighted by atomic mass is 79.9. The Morgan fingerprint density at radius 1 is 1.21 bits per heavy atom. The minimum atomic E-state index is -0.683. The van der Waals surface area contributed by atoms with Crippen molar-refractivity contribution in [3.63, 3.8) is 0 Å². The number of nitrogens with two attached hydrogens (primary N) is 1. The van der Waals surface area contributed by atoms with Crippen molar-refractivity contribution in [3.8, 4) is 17.6 Å². The lowest BCUT2D eigenvalue weighted by atomic mass is 9.70. The van der Waals surface area contributed by atoms with Gasteiger partial charge in [-0.05, 0) is 29.2 Å². The van der Waals surface area contributed by atoms with E-state index in [0.29, 0.717) is 41.2 Å². The van der Waals surface area contributed by atoms with E-state index in [-0.39, 0.29) is 29.3 Å². The summed E-state index contributed by atoms with van der Waals surface area (Å²) in [4.78, 5) is 13.3. The molecule has 1 heterocycles. The van der Waals surface area contributed by atoms with Crippen molar-refractivity contribution in [2.75, 3.05) is 7.11 Å². The zero-order valence-electron chi connectivity index (χ0n) is 18.8. The molecule has 7 heteroatoms. The molecule has 2 aliphatic rings. The minimum Gasteiger partial charge on any atom is -0.493 e. The molecule has 170 valence electrons. The topological polar surface area (TPSA) is 94.6 Å². The highest BCUT2D eigenvalue weighted by Gasteiger charge is 2.44. The average molecular weight is 509 g/mol. The number of benzene rings is 2. The summed E-state index contributed by atoms with van der Waals surface area (Å²) in [6.07, 6.45) is 0.923. The Labute approximate surface area is 201 Å². The molecule has 0 spiro atoms. The molecular weight excluding hydrogens is 484 g/mol. The maximum atomic E-state index is 13.3. The molecule has 1 atom stereocenters. The van der Waals surface area contributed by atoms with Crippen LogP contribution in [0.25, 0.3) is 0 Å². The minimum absolute atomic E-state index is 0.0217. The number of halogens is 1. The van der Waals surface area contributed by atoms with Crippen LogP contribution in [-0.4, -0.2) is 12.9 Å². The Hall–Kier alpha value is -3.24. The zero-order chi connectivity index (χ0) is 23.8. The van der Waals surface area contributed by atoms with E-state index in [1.54, 1.807) is 13.2 Å². The van der Waals surface area contributed by atoms with Gasteiger partial charge >= 0.3 is 0 Å². The number of ketones is 1. The highest BCUT2D eigenvalue weighted by Crippen LogP contribution is 2.50. The van der Waals surface area contributed by atoms with Crippen LogP contribution in [0.1, 0.15) is 43.7 Å². The van der Waals surface area contributed by atoms with Crippen molar-refractivity contribution in [1.82, 2.24) is 0 Å². The fraction of sp³-hybridized carbons (Fsp3) is 0.308. The van der Waals surface area contributed by atoms with Gasteiger partial charge in [0.05, 0.1) is 13.0 Å². The number of nitriles is 1. The number of hydrogen-bond acceptors (Lipinski definition) is 6. The van der Waals surface area contributed by atoms with Gasteiger partial charge in [-0.25, -0.2) is 0 Å². The fourth-order valence-electron chi connectivity index (χ4n) is 4.41. The normalized spacial score (nSPS) is 19.5. The first-order valence-corrected chi connectivity index (χ1v) is 11.4. The van der Waals surface area contributed by atoms with Gasteiger partial charge in [-0.3, -0.25) is 4.79 Å². The number of methoxy groups -OCH3 is 1. The highest BCUT2D eigenvalue weighted by molar-refractivity contribution is 9.10. The van der Waals surface area contributed by atoms with Crippen molar-refractivity contribution >= 4 is 21.7 Å². The van der Waals surface area contributed by atoms with Crippen molar-refractivity contribution in [3.05, 3.63) is 80.9 Å². The van der Waals surface area contributed by atoms with Crippen LogP contribution in [0.15, 0.2) is 69.7 Å². The Morgan fingerprint density at radius 3 is 2.61 bits per heavy atom. The molecule has 4 rings (SSSR count). The van der Waals surface area contributed by atoms with E-state index in [1.165, 1.54) is 0 Å². The van der Waals surface area contributed by atoms with Gasteiger partial charge in [-0.2, -0.15) is 5.26 Å². The molecule has 2 aromatic rings. The summed E-state index contributed by atoms with van der Waals surface area (Å²) in [5.74, 6) is 0.802. The third kappa shape index (κ3) is 4.49. The van der Waals surface area contributed by atoms with E-state index in [9.17, 15) is 10.1 Å². The van der Waals surface area contributed by atoms with Crippen molar-refractivity contribution in [2.45, 2.75) is 39.2 Å². The second kappa shape index (κ2) is 8.95. The van der Waals surface area contributed by atoms with E-state index < -0.39 is 5.92 Å². The van der Waals surface area contributed by atoms with Gasteiger partial charge in [0.2, 0.25) is 5.88 Å². The lowest BCUT2D eigenvalue weighted by Gasteiger charge is -2.37. The first-order valence-electron chi connectivity index (χ1n) is 10.6. The van der Waals surface area contributed by atoms with Gasteiger partial charge in [-0.1, -0.05) is 54.0 Å². The zero-order valence-corrected chi connectivity index (χ0v) is 20.4. The van der Waals surface area contributed by atoms with Crippen LogP contribution in [-0.2, 0) is 16.1 Å². The largest absolute Gasteiger partial charge is 0.493 e. The van der Waals surface area contributed by atoms with Gasteiger partial charge in [0.1, 0.15) is 24.0 Å². The molecule has 0 aromatic heterocycles. The number of allylic oxidation sites excluding steroid dienone is 3. The van der Waals surface area contributed by atoms with Crippen molar-refractivity contribution in [2.24, 2.45) is 11.1 Å². The first-order chi connectivity index (χ1) is 15.7. The van der Waals surface area contributed by atoms with Gasteiger partial charge in [0.25, 0.3) is 0 Å². The molecule has 1 aliphatic heterocycles. The van der Waals surface area contributed by atoms with E-state index in [0.717, 1.165) is 10.0 Å². The number of para-hydroxylation sites is 1.